The molecule has 11 heavy (non-hydrogen) atoms. The van der Waals surface area contributed by atoms with Gasteiger partial charge in [0.15, 0.2) is 0 Å². The van der Waals surface area contributed by atoms with Gasteiger partial charge in [-0.05, 0) is 24.0 Å². The van der Waals surface area contributed by atoms with E-state index in [9.17, 15) is 0 Å². The molecule has 2 rings (SSSR count). The zero-order chi connectivity index (χ0) is 7.84. The number of hydrogen-bond donors (Lipinski definition) is 3. The van der Waals surface area contributed by atoms with Crippen molar-refractivity contribution in [2.24, 2.45) is 11.5 Å². The number of hydrogen-bond acceptors (Lipinski definition) is 3. The highest BCUT2D eigenvalue weighted by molar-refractivity contribution is 5.39. The van der Waals surface area contributed by atoms with Crippen molar-refractivity contribution in [1.29, 1.82) is 0 Å². The number of nitrogens with two attached hydrogens (primary N) is 2. The molecule has 0 spiro atoms. The third-order valence-corrected chi connectivity index (χ3v) is 2.32. The SMILES string of the molecule is NC1NC(N)C2=C1C=CCC2. The fraction of sp³-hybridized carbons (Fsp3) is 0.500. The van der Waals surface area contributed by atoms with Gasteiger partial charge in [-0.1, -0.05) is 12.2 Å². The molecule has 1 heterocycles. The summed E-state index contributed by atoms with van der Waals surface area (Å²) in [6.45, 7) is 0. The highest BCUT2D eigenvalue weighted by Gasteiger charge is 2.27. The Morgan fingerprint density at radius 2 is 2.18 bits per heavy atom. The first-order chi connectivity index (χ1) is 5.29. The smallest absolute Gasteiger partial charge is 0.0825 e. The summed E-state index contributed by atoms with van der Waals surface area (Å²) >= 11 is 0. The molecule has 2 unspecified atom stereocenters. The van der Waals surface area contributed by atoms with Gasteiger partial charge in [-0.2, -0.15) is 0 Å². The third-order valence-electron chi connectivity index (χ3n) is 2.32. The largest absolute Gasteiger partial charge is 0.312 e. The molecule has 60 valence electrons. The van der Waals surface area contributed by atoms with Crippen molar-refractivity contribution in [2.45, 2.75) is 25.2 Å². The van der Waals surface area contributed by atoms with Crippen molar-refractivity contribution in [3.05, 3.63) is 23.3 Å². The van der Waals surface area contributed by atoms with Crippen LogP contribution in [0, 0.1) is 0 Å². The highest BCUT2D eigenvalue weighted by atomic mass is 15.1. The molecule has 0 aromatic rings. The van der Waals surface area contributed by atoms with Crippen molar-refractivity contribution in [2.75, 3.05) is 0 Å². The second-order valence-corrected chi connectivity index (χ2v) is 3.04. The summed E-state index contributed by atoms with van der Waals surface area (Å²) in [7, 11) is 0. The molecular weight excluding hydrogens is 138 g/mol. The Bertz CT molecular complexity index is 229. The molecule has 3 nitrogen and oxygen atoms in total. The van der Waals surface area contributed by atoms with Crippen molar-refractivity contribution in [3.63, 3.8) is 0 Å². The normalized spacial score (nSPS) is 36.2. The van der Waals surface area contributed by atoms with E-state index in [1.54, 1.807) is 0 Å². The average Bonchev–Trinajstić information content (AvgIpc) is 2.30. The highest BCUT2D eigenvalue weighted by Crippen LogP contribution is 2.25. The Morgan fingerprint density at radius 3 is 2.91 bits per heavy atom. The van der Waals surface area contributed by atoms with E-state index < -0.39 is 0 Å². The maximum atomic E-state index is 5.80. The standard InChI is InChI=1S/C8H13N3/c9-7-5-3-1-2-4-6(5)8(10)11-7/h1,3,7-8,11H,2,4,9-10H2. The molecule has 0 saturated carbocycles. The fourth-order valence-corrected chi connectivity index (χ4v) is 1.72. The Labute approximate surface area is 66.1 Å². The van der Waals surface area contributed by atoms with Crippen LogP contribution in [0.4, 0.5) is 0 Å². The summed E-state index contributed by atoms with van der Waals surface area (Å²) in [6.07, 6.45) is 6.35. The van der Waals surface area contributed by atoms with E-state index in [-0.39, 0.29) is 12.3 Å². The van der Waals surface area contributed by atoms with Gasteiger partial charge in [0, 0.05) is 0 Å². The van der Waals surface area contributed by atoms with Gasteiger partial charge in [0.2, 0.25) is 0 Å². The van der Waals surface area contributed by atoms with Crippen LogP contribution in [-0.4, -0.2) is 12.3 Å². The molecule has 0 aromatic heterocycles. The molecule has 3 heteroatoms. The predicted molar refractivity (Wildman–Crippen MR) is 44.5 cm³/mol. The lowest BCUT2D eigenvalue weighted by atomic mass is 9.98. The lowest BCUT2D eigenvalue weighted by Gasteiger charge is -2.10. The molecule has 0 saturated heterocycles. The van der Waals surface area contributed by atoms with E-state index in [1.807, 2.05) is 0 Å². The van der Waals surface area contributed by atoms with E-state index in [4.69, 9.17) is 11.5 Å². The van der Waals surface area contributed by atoms with E-state index in [1.165, 1.54) is 11.1 Å². The van der Waals surface area contributed by atoms with Crippen LogP contribution in [0.2, 0.25) is 0 Å². The second kappa shape index (κ2) is 2.44. The lowest BCUT2D eigenvalue weighted by molar-refractivity contribution is 0.570. The predicted octanol–water partition coefficient (Wildman–Crippen LogP) is -0.194. The van der Waals surface area contributed by atoms with Gasteiger partial charge < -0.3 is 11.5 Å². The summed E-state index contributed by atoms with van der Waals surface area (Å²) in [5, 5.41) is 3.09. The lowest BCUT2D eigenvalue weighted by Crippen LogP contribution is -2.43. The van der Waals surface area contributed by atoms with Crippen LogP contribution in [0.3, 0.4) is 0 Å². The molecule has 0 fully saturated rings. The molecule has 2 atom stereocenters. The fourth-order valence-electron chi connectivity index (χ4n) is 1.72. The van der Waals surface area contributed by atoms with Gasteiger partial charge in [0.1, 0.15) is 0 Å². The third kappa shape index (κ3) is 1.01. The van der Waals surface area contributed by atoms with Crippen molar-refractivity contribution >= 4 is 0 Å². The van der Waals surface area contributed by atoms with E-state index in [0.717, 1.165) is 12.8 Å². The van der Waals surface area contributed by atoms with Crippen molar-refractivity contribution < 1.29 is 0 Å². The van der Waals surface area contributed by atoms with Crippen LogP contribution in [-0.2, 0) is 0 Å². The first-order valence-corrected chi connectivity index (χ1v) is 3.96. The molecule has 0 bridgehead atoms. The van der Waals surface area contributed by atoms with Crippen molar-refractivity contribution in [1.82, 2.24) is 5.32 Å². The minimum atomic E-state index is -0.0449. The van der Waals surface area contributed by atoms with Crippen LogP contribution in [0.15, 0.2) is 23.3 Å². The minimum Gasteiger partial charge on any atom is -0.312 e. The van der Waals surface area contributed by atoms with Gasteiger partial charge in [0.05, 0.1) is 12.3 Å². The summed E-state index contributed by atoms with van der Waals surface area (Å²) in [6, 6.07) is 0. The summed E-state index contributed by atoms with van der Waals surface area (Å²) in [5.41, 5.74) is 14.1. The monoisotopic (exact) mass is 151 g/mol. The molecular formula is C8H13N3. The molecule has 5 N–H and O–H groups in total. The van der Waals surface area contributed by atoms with Crippen LogP contribution < -0.4 is 16.8 Å². The summed E-state index contributed by atoms with van der Waals surface area (Å²) in [5.74, 6) is 0. The summed E-state index contributed by atoms with van der Waals surface area (Å²) < 4.78 is 0. The van der Waals surface area contributed by atoms with Gasteiger partial charge in [-0.15, -0.1) is 0 Å². The topological polar surface area (TPSA) is 64.1 Å². The van der Waals surface area contributed by atoms with Gasteiger partial charge >= 0.3 is 0 Å². The maximum Gasteiger partial charge on any atom is 0.0825 e. The van der Waals surface area contributed by atoms with Crippen LogP contribution in [0.1, 0.15) is 12.8 Å². The average molecular weight is 151 g/mol. The Morgan fingerprint density at radius 1 is 1.36 bits per heavy atom. The number of nitrogens with one attached hydrogen (secondary N) is 1. The Hall–Kier alpha value is -0.640. The quantitative estimate of drug-likeness (QED) is 0.449. The molecule has 2 aliphatic rings. The first-order valence-electron chi connectivity index (χ1n) is 3.96. The van der Waals surface area contributed by atoms with E-state index in [2.05, 4.69) is 17.5 Å². The first kappa shape index (κ1) is 7.03. The number of allylic oxidation sites excluding steroid dienone is 1. The minimum absolute atomic E-state index is 0.00931. The second-order valence-electron chi connectivity index (χ2n) is 3.04. The summed E-state index contributed by atoms with van der Waals surface area (Å²) in [4.78, 5) is 0. The van der Waals surface area contributed by atoms with Gasteiger partial charge in [0.25, 0.3) is 0 Å². The van der Waals surface area contributed by atoms with Crippen LogP contribution in [0.5, 0.6) is 0 Å². The molecule has 1 aliphatic carbocycles. The Kier molecular flexibility index (Phi) is 1.56. The van der Waals surface area contributed by atoms with Crippen molar-refractivity contribution in [3.8, 4) is 0 Å². The van der Waals surface area contributed by atoms with Crippen LogP contribution in [0.25, 0.3) is 0 Å². The van der Waals surface area contributed by atoms with E-state index >= 15 is 0 Å². The zero-order valence-electron chi connectivity index (χ0n) is 6.38. The molecule has 1 aliphatic heterocycles. The Balaban J connectivity index is 2.33. The molecule has 0 radical (unpaired) electrons. The molecule has 0 aromatic carbocycles. The van der Waals surface area contributed by atoms with Gasteiger partial charge in [-0.3, -0.25) is 5.32 Å². The number of rotatable bonds is 0. The van der Waals surface area contributed by atoms with E-state index in [0.29, 0.717) is 0 Å². The zero-order valence-corrected chi connectivity index (χ0v) is 6.38. The van der Waals surface area contributed by atoms with Crippen LogP contribution >= 0.6 is 0 Å². The maximum absolute atomic E-state index is 5.80. The van der Waals surface area contributed by atoms with Gasteiger partial charge in [-0.25, -0.2) is 0 Å². The molecule has 0 amide bonds.